The molecule has 0 fully saturated rings. The first-order valence-electron chi connectivity index (χ1n) is 7.58. The van der Waals surface area contributed by atoms with E-state index in [9.17, 15) is 0 Å². The molecule has 22 heavy (non-hydrogen) atoms. The zero-order valence-electron chi connectivity index (χ0n) is 13.3. The molecule has 0 N–H and O–H groups in total. The summed E-state index contributed by atoms with van der Waals surface area (Å²) in [4.78, 5) is 4.76. The molecule has 0 aliphatic rings. The molecule has 0 unspecified atom stereocenters. The topological polar surface area (TPSA) is 26.0 Å². The van der Waals surface area contributed by atoms with Crippen LogP contribution in [-0.2, 0) is 0 Å². The van der Waals surface area contributed by atoms with Gasteiger partial charge in [-0.15, -0.1) is 11.3 Å². The van der Waals surface area contributed by atoms with Crippen LogP contribution in [0.3, 0.4) is 0 Å². The van der Waals surface area contributed by atoms with Crippen LogP contribution in [0, 0.1) is 13.8 Å². The maximum atomic E-state index is 5.91. The number of hydrogen-bond acceptors (Lipinski definition) is 3. The Labute approximate surface area is 134 Å². The standard InChI is InChI=1S/C17H13NOS.C2H6/c1-10-7-8-11(2)16-15(10)18-17(20-16)14-9-12-5-3-4-6-13(12)19-14;1-2/h3-9H,1-2H3;1-2H3. The molecule has 0 saturated carbocycles. The van der Waals surface area contributed by atoms with Crippen LogP contribution in [0.2, 0.25) is 0 Å². The Balaban J connectivity index is 0.000000693. The van der Waals surface area contributed by atoms with Crippen LogP contribution < -0.4 is 0 Å². The van der Waals surface area contributed by atoms with Gasteiger partial charge in [-0.1, -0.05) is 44.2 Å². The summed E-state index contributed by atoms with van der Waals surface area (Å²) in [6, 6.07) is 14.4. The normalized spacial score (nSPS) is 10.7. The molecule has 2 aromatic carbocycles. The summed E-state index contributed by atoms with van der Waals surface area (Å²) in [5.41, 5.74) is 4.48. The fraction of sp³-hybridized carbons (Fsp3) is 0.211. The highest BCUT2D eigenvalue weighted by molar-refractivity contribution is 7.21. The van der Waals surface area contributed by atoms with Gasteiger partial charge in [0.2, 0.25) is 0 Å². The van der Waals surface area contributed by atoms with Gasteiger partial charge < -0.3 is 4.42 Å². The third-order valence-corrected chi connectivity index (χ3v) is 4.78. The number of benzene rings is 2. The van der Waals surface area contributed by atoms with Crippen molar-refractivity contribution < 1.29 is 4.42 Å². The van der Waals surface area contributed by atoms with Crippen molar-refractivity contribution in [2.45, 2.75) is 27.7 Å². The lowest BCUT2D eigenvalue weighted by Gasteiger charge is -1.96. The van der Waals surface area contributed by atoms with Gasteiger partial charge in [0, 0.05) is 5.39 Å². The second kappa shape index (κ2) is 5.93. The van der Waals surface area contributed by atoms with Crippen molar-refractivity contribution in [1.82, 2.24) is 4.98 Å². The molecule has 3 heteroatoms. The van der Waals surface area contributed by atoms with Crippen LogP contribution in [0.4, 0.5) is 0 Å². The van der Waals surface area contributed by atoms with Crippen LogP contribution in [0.15, 0.2) is 46.9 Å². The molecular weight excluding hydrogens is 290 g/mol. The predicted octanol–water partition coefficient (Wildman–Crippen LogP) is 6.35. The quantitative estimate of drug-likeness (QED) is 0.409. The lowest BCUT2D eigenvalue weighted by molar-refractivity contribution is 0.631. The first kappa shape index (κ1) is 14.8. The second-order valence-electron chi connectivity index (χ2n) is 5.04. The molecule has 0 atom stereocenters. The number of furan rings is 1. The Kier molecular flexibility index (Phi) is 3.99. The number of hydrogen-bond donors (Lipinski definition) is 0. The molecule has 4 aromatic rings. The van der Waals surface area contributed by atoms with Crippen molar-refractivity contribution in [3.8, 4) is 10.8 Å². The second-order valence-corrected chi connectivity index (χ2v) is 6.04. The monoisotopic (exact) mass is 309 g/mol. The lowest BCUT2D eigenvalue weighted by atomic mass is 10.1. The van der Waals surface area contributed by atoms with E-state index in [2.05, 4.69) is 38.1 Å². The molecule has 0 radical (unpaired) electrons. The number of nitrogens with zero attached hydrogens (tertiary/aromatic N) is 1. The molecule has 0 aliphatic heterocycles. The SMILES string of the molecule is CC.Cc1ccc(C)c2sc(-c3cc4ccccc4o3)nc12. The fourth-order valence-electron chi connectivity index (χ4n) is 2.45. The molecule has 0 aliphatic carbocycles. The third kappa shape index (κ3) is 2.42. The average Bonchev–Trinajstić information content (AvgIpc) is 3.17. The molecule has 0 spiro atoms. The Hall–Kier alpha value is -2.13. The van der Waals surface area contributed by atoms with Gasteiger partial charge in [-0.3, -0.25) is 0 Å². The fourth-order valence-corrected chi connectivity index (χ4v) is 3.52. The first-order valence-corrected chi connectivity index (χ1v) is 8.40. The first-order chi connectivity index (χ1) is 10.7. The number of aryl methyl sites for hydroxylation is 2. The smallest absolute Gasteiger partial charge is 0.164 e. The Morgan fingerprint density at radius 1 is 0.955 bits per heavy atom. The third-order valence-electron chi connectivity index (χ3n) is 3.58. The van der Waals surface area contributed by atoms with Gasteiger partial charge in [-0.2, -0.15) is 0 Å². The molecule has 0 amide bonds. The van der Waals surface area contributed by atoms with Crippen molar-refractivity contribution in [3.63, 3.8) is 0 Å². The molecule has 0 bridgehead atoms. The van der Waals surface area contributed by atoms with E-state index in [0.29, 0.717) is 0 Å². The molecule has 2 nitrogen and oxygen atoms in total. The summed E-state index contributed by atoms with van der Waals surface area (Å²) in [6.07, 6.45) is 0. The van der Waals surface area contributed by atoms with Gasteiger partial charge in [0.05, 0.1) is 10.2 Å². The lowest BCUT2D eigenvalue weighted by Crippen LogP contribution is -1.78. The van der Waals surface area contributed by atoms with Crippen molar-refractivity contribution in [3.05, 3.63) is 53.6 Å². The highest BCUT2D eigenvalue weighted by Crippen LogP contribution is 2.36. The minimum Gasteiger partial charge on any atom is -0.454 e. The maximum Gasteiger partial charge on any atom is 0.164 e. The van der Waals surface area contributed by atoms with E-state index >= 15 is 0 Å². The van der Waals surface area contributed by atoms with Crippen molar-refractivity contribution in [2.24, 2.45) is 0 Å². The van der Waals surface area contributed by atoms with E-state index in [4.69, 9.17) is 9.40 Å². The average molecular weight is 309 g/mol. The van der Waals surface area contributed by atoms with Gasteiger partial charge in [-0.05, 0) is 37.1 Å². The molecule has 2 aromatic heterocycles. The largest absolute Gasteiger partial charge is 0.454 e. The molecule has 4 rings (SSSR count). The highest BCUT2D eigenvalue weighted by atomic mass is 32.1. The van der Waals surface area contributed by atoms with E-state index in [0.717, 1.165) is 27.3 Å². The highest BCUT2D eigenvalue weighted by Gasteiger charge is 2.13. The molecule has 0 saturated heterocycles. The molecule has 112 valence electrons. The minimum atomic E-state index is 0.853. The summed E-state index contributed by atoms with van der Waals surface area (Å²) >= 11 is 1.70. The number of fused-ring (bicyclic) bond motifs is 2. The molecular formula is C19H19NOS. The Bertz CT molecular complexity index is 861. The van der Waals surface area contributed by atoms with Crippen LogP contribution in [0.5, 0.6) is 0 Å². The minimum absolute atomic E-state index is 0.853. The number of thiazole rings is 1. The van der Waals surface area contributed by atoms with Crippen molar-refractivity contribution in [1.29, 1.82) is 0 Å². The van der Waals surface area contributed by atoms with E-state index < -0.39 is 0 Å². The summed E-state index contributed by atoms with van der Waals surface area (Å²) in [6.45, 7) is 8.23. The maximum absolute atomic E-state index is 5.91. The summed E-state index contributed by atoms with van der Waals surface area (Å²) in [7, 11) is 0. The van der Waals surface area contributed by atoms with Crippen LogP contribution >= 0.6 is 11.3 Å². The van der Waals surface area contributed by atoms with E-state index in [1.54, 1.807) is 11.3 Å². The molecule has 2 heterocycles. The van der Waals surface area contributed by atoms with Gasteiger partial charge in [0.25, 0.3) is 0 Å². The van der Waals surface area contributed by atoms with E-state index in [-0.39, 0.29) is 0 Å². The summed E-state index contributed by atoms with van der Waals surface area (Å²) in [5.74, 6) is 0.853. The Morgan fingerprint density at radius 3 is 2.41 bits per heavy atom. The zero-order valence-corrected chi connectivity index (χ0v) is 14.1. The van der Waals surface area contributed by atoms with Crippen LogP contribution in [0.1, 0.15) is 25.0 Å². The van der Waals surface area contributed by atoms with Crippen molar-refractivity contribution >= 4 is 32.5 Å². The van der Waals surface area contributed by atoms with Crippen LogP contribution in [0.25, 0.3) is 32.0 Å². The van der Waals surface area contributed by atoms with Gasteiger partial charge in [0.1, 0.15) is 5.58 Å². The van der Waals surface area contributed by atoms with Crippen LogP contribution in [-0.4, -0.2) is 4.98 Å². The predicted molar refractivity (Wildman–Crippen MR) is 95.7 cm³/mol. The number of rotatable bonds is 1. The van der Waals surface area contributed by atoms with Crippen molar-refractivity contribution in [2.75, 3.05) is 0 Å². The van der Waals surface area contributed by atoms with Gasteiger partial charge in [0.15, 0.2) is 10.8 Å². The summed E-state index contributed by atoms with van der Waals surface area (Å²) < 4.78 is 7.16. The van der Waals surface area contributed by atoms with E-state index in [1.165, 1.54) is 15.8 Å². The van der Waals surface area contributed by atoms with E-state index in [1.807, 2.05) is 32.0 Å². The van der Waals surface area contributed by atoms with Gasteiger partial charge in [-0.25, -0.2) is 4.98 Å². The Morgan fingerprint density at radius 2 is 1.68 bits per heavy atom. The van der Waals surface area contributed by atoms with Gasteiger partial charge >= 0.3 is 0 Å². The zero-order chi connectivity index (χ0) is 15.7. The number of aromatic nitrogens is 1. The summed E-state index contributed by atoms with van der Waals surface area (Å²) in [5, 5.41) is 2.07. The number of para-hydroxylation sites is 1.